The van der Waals surface area contributed by atoms with Crippen molar-refractivity contribution < 1.29 is 4.79 Å². The number of aromatic amines is 2. The van der Waals surface area contributed by atoms with Crippen LogP contribution in [0.3, 0.4) is 0 Å². The normalized spacial score (nSPS) is 11.9. The van der Waals surface area contributed by atoms with Gasteiger partial charge in [0.1, 0.15) is 0 Å². The monoisotopic (exact) mass is 803 g/mol. The average molecular weight is 804 g/mol. The summed E-state index contributed by atoms with van der Waals surface area (Å²) < 4.78 is 0. The summed E-state index contributed by atoms with van der Waals surface area (Å²) in [5, 5.41) is 3.11. The van der Waals surface area contributed by atoms with E-state index in [2.05, 4.69) is 176 Å². The zero-order chi connectivity index (χ0) is 42.5. The SMILES string of the molecule is Cc1ccc(-c2c3nc(c(-c4ccc(C)cc4)c4ccc([nH]4)c(-c4ccc(NC(=O)c5cc(C)cc(C)c5)cc4)c4nc(c(-c5ccc(C)cc5)c5ccc2[nH]5)C=C4)C=C3)cc1. The van der Waals surface area contributed by atoms with E-state index in [0.717, 1.165) is 100 Å². The topological polar surface area (TPSA) is 86.5 Å². The fourth-order valence-electron chi connectivity index (χ4n) is 8.61. The van der Waals surface area contributed by atoms with E-state index in [1.54, 1.807) is 0 Å². The van der Waals surface area contributed by atoms with Gasteiger partial charge in [0.2, 0.25) is 0 Å². The average Bonchev–Trinajstić information content (AvgIpc) is 4.11. The molecule has 8 aromatic rings. The van der Waals surface area contributed by atoms with Gasteiger partial charge in [-0.15, -0.1) is 0 Å². The van der Waals surface area contributed by atoms with Crippen LogP contribution in [0.25, 0.3) is 90.9 Å². The van der Waals surface area contributed by atoms with Gasteiger partial charge in [-0.3, -0.25) is 4.79 Å². The van der Waals surface area contributed by atoms with E-state index in [9.17, 15) is 4.79 Å². The Balaban J connectivity index is 1.25. The number of carbonyl (C=O) groups is 1. The number of hydrogen-bond acceptors (Lipinski definition) is 3. The molecule has 0 unspecified atom stereocenters. The van der Waals surface area contributed by atoms with Crippen molar-refractivity contribution in [2.24, 2.45) is 0 Å². The van der Waals surface area contributed by atoms with E-state index in [0.29, 0.717) is 11.3 Å². The van der Waals surface area contributed by atoms with Gasteiger partial charge in [-0.05, 0) is 130 Å². The molecule has 0 aliphatic carbocycles. The molecule has 6 nitrogen and oxygen atoms in total. The van der Waals surface area contributed by atoms with Crippen LogP contribution in [0, 0.1) is 34.6 Å². The number of carbonyl (C=O) groups excluding carboxylic acids is 1. The summed E-state index contributed by atoms with van der Waals surface area (Å²) in [5.41, 5.74) is 22.3. The predicted octanol–water partition coefficient (Wildman–Crippen LogP) is 14.1. The van der Waals surface area contributed by atoms with E-state index in [1.807, 2.05) is 38.1 Å². The molecule has 0 saturated carbocycles. The Bertz CT molecular complexity index is 3230. The zero-order valence-electron chi connectivity index (χ0n) is 35.4. The molecule has 3 aromatic heterocycles. The van der Waals surface area contributed by atoms with Gasteiger partial charge in [-0.1, -0.05) is 119 Å². The van der Waals surface area contributed by atoms with Crippen molar-refractivity contribution in [1.82, 2.24) is 19.9 Å². The van der Waals surface area contributed by atoms with Crippen LogP contribution in [0.15, 0.2) is 140 Å². The highest BCUT2D eigenvalue weighted by Crippen LogP contribution is 2.39. The minimum atomic E-state index is -0.142. The molecule has 0 atom stereocenters. The van der Waals surface area contributed by atoms with Crippen molar-refractivity contribution in [1.29, 1.82) is 0 Å². The number of anilines is 1. The summed E-state index contributed by atoms with van der Waals surface area (Å²) >= 11 is 0. The number of nitrogens with zero attached hydrogens (tertiary/aromatic N) is 2. The Hall–Kier alpha value is -7.83. The van der Waals surface area contributed by atoms with E-state index in [-0.39, 0.29) is 5.91 Å². The van der Waals surface area contributed by atoms with E-state index >= 15 is 0 Å². The molecular weight excluding hydrogens is 759 g/mol. The van der Waals surface area contributed by atoms with Crippen LogP contribution >= 0.6 is 0 Å². The summed E-state index contributed by atoms with van der Waals surface area (Å²) in [6.45, 7) is 10.3. The van der Waals surface area contributed by atoms with Gasteiger partial charge in [0, 0.05) is 55.6 Å². The van der Waals surface area contributed by atoms with Crippen LogP contribution in [-0.2, 0) is 0 Å². The molecule has 0 saturated heterocycles. The van der Waals surface area contributed by atoms with Crippen molar-refractivity contribution in [2.45, 2.75) is 34.6 Å². The molecule has 8 bridgehead atoms. The molecule has 0 spiro atoms. The van der Waals surface area contributed by atoms with E-state index < -0.39 is 0 Å². The third-order valence-corrected chi connectivity index (χ3v) is 11.7. The summed E-state index contributed by atoms with van der Waals surface area (Å²) in [6, 6.07) is 48.5. The molecule has 6 heteroatoms. The summed E-state index contributed by atoms with van der Waals surface area (Å²) in [7, 11) is 0. The molecule has 2 aliphatic rings. The van der Waals surface area contributed by atoms with E-state index in [4.69, 9.17) is 9.97 Å². The fourth-order valence-corrected chi connectivity index (χ4v) is 8.61. The highest BCUT2D eigenvalue weighted by atomic mass is 16.1. The van der Waals surface area contributed by atoms with Gasteiger partial charge in [0.05, 0.1) is 22.8 Å². The Morgan fingerprint density at radius 2 is 0.694 bits per heavy atom. The van der Waals surface area contributed by atoms with Gasteiger partial charge in [0.15, 0.2) is 0 Å². The fraction of sp³-hybridized carbons (Fsp3) is 0.0893. The van der Waals surface area contributed by atoms with Crippen LogP contribution in [0.2, 0.25) is 0 Å². The van der Waals surface area contributed by atoms with Gasteiger partial charge < -0.3 is 15.3 Å². The first-order chi connectivity index (χ1) is 30.1. The third kappa shape index (κ3) is 7.37. The number of fused-ring (bicyclic) bond motifs is 8. The second-order valence-corrected chi connectivity index (χ2v) is 16.5. The molecular formula is C56H45N5O. The third-order valence-electron chi connectivity index (χ3n) is 11.7. The van der Waals surface area contributed by atoms with Gasteiger partial charge in [-0.25, -0.2) is 9.97 Å². The quantitative estimate of drug-likeness (QED) is 0.156. The number of aryl methyl sites for hydroxylation is 5. The van der Waals surface area contributed by atoms with Crippen LogP contribution in [0.1, 0.15) is 61.0 Å². The Morgan fingerprint density at radius 3 is 1.02 bits per heavy atom. The molecule has 0 radical (unpaired) electrons. The van der Waals surface area contributed by atoms with Crippen LogP contribution in [0.4, 0.5) is 5.69 Å². The van der Waals surface area contributed by atoms with Crippen molar-refractivity contribution >= 4 is 58.0 Å². The predicted molar refractivity (Wildman–Crippen MR) is 259 cm³/mol. The number of H-pyrrole nitrogens is 2. The second-order valence-electron chi connectivity index (χ2n) is 16.5. The maximum atomic E-state index is 13.4. The van der Waals surface area contributed by atoms with Gasteiger partial charge in [-0.2, -0.15) is 0 Å². The van der Waals surface area contributed by atoms with Crippen LogP contribution < -0.4 is 5.32 Å². The Morgan fingerprint density at radius 1 is 0.387 bits per heavy atom. The molecule has 300 valence electrons. The van der Waals surface area contributed by atoms with Crippen LogP contribution in [0.5, 0.6) is 0 Å². The first-order valence-corrected chi connectivity index (χ1v) is 21.0. The summed E-state index contributed by atoms with van der Waals surface area (Å²) in [4.78, 5) is 31.9. The lowest BCUT2D eigenvalue weighted by atomic mass is 10.0. The minimum absolute atomic E-state index is 0.142. The lowest BCUT2D eigenvalue weighted by Gasteiger charge is -2.09. The molecule has 0 fully saturated rings. The maximum Gasteiger partial charge on any atom is 0.255 e. The number of hydrogen-bond donors (Lipinski definition) is 3. The van der Waals surface area contributed by atoms with Crippen molar-refractivity contribution in [2.75, 3.05) is 5.32 Å². The zero-order valence-corrected chi connectivity index (χ0v) is 35.4. The Kier molecular flexibility index (Phi) is 9.69. The molecule has 62 heavy (non-hydrogen) atoms. The standard InChI is InChI=1S/C56H45N5O/c1-33-6-12-38(13-7-33)52-44-22-24-46(58-44)53(39-14-8-34(2)9-15-39)48-26-28-50(60-48)55(41-18-20-43(21-19-41)57-56(62)42-31-36(4)30-37(5)32-42)51-29-27-49(61-51)54(47-25-23-45(52)59-47)40-16-10-35(3)11-17-40/h6-32,58,61H,1-5H3,(H,57,62). The van der Waals surface area contributed by atoms with Gasteiger partial charge >= 0.3 is 0 Å². The van der Waals surface area contributed by atoms with Crippen molar-refractivity contribution in [3.05, 3.63) is 196 Å². The first-order valence-electron chi connectivity index (χ1n) is 21.0. The molecule has 3 N–H and O–H groups in total. The molecule has 2 aliphatic heterocycles. The lowest BCUT2D eigenvalue weighted by Crippen LogP contribution is -2.12. The van der Waals surface area contributed by atoms with Crippen molar-refractivity contribution in [3.63, 3.8) is 0 Å². The number of nitrogens with one attached hydrogen (secondary N) is 3. The van der Waals surface area contributed by atoms with Crippen LogP contribution in [-0.4, -0.2) is 25.8 Å². The summed E-state index contributed by atoms with van der Waals surface area (Å²) in [5.74, 6) is -0.142. The molecule has 1 amide bonds. The number of benzene rings is 5. The molecule has 5 aromatic carbocycles. The molecule has 10 rings (SSSR count). The number of aromatic nitrogens is 4. The smallest absolute Gasteiger partial charge is 0.255 e. The highest BCUT2D eigenvalue weighted by molar-refractivity contribution is 6.05. The highest BCUT2D eigenvalue weighted by Gasteiger charge is 2.19. The number of amides is 1. The van der Waals surface area contributed by atoms with Gasteiger partial charge in [0.25, 0.3) is 5.91 Å². The van der Waals surface area contributed by atoms with Crippen molar-refractivity contribution in [3.8, 4) is 44.5 Å². The Labute approximate surface area is 361 Å². The van der Waals surface area contributed by atoms with E-state index in [1.165, 1.54) is 16.7 Å². The second kappa shape index (κ2) is 15.6. The first kappa shape index (κ1) is 38.4. The minimum Gasteiger partial charge on any atom is -0.354 e. The maximum absolute atomic E-state index is 13.4. The largest absolute Gasteiger partial charge is 0.354 e. The summed E-state index contributed by atoms with van der Waals surface area (Å²) in [6.07, 6.45) is 8.49. The molecule has 5 heterocycles. The number of rotatable bonds is 6. The lowest BCUT2D eigenvalue weighted by molar-refractivity contribution is 0.102.